The standard InChI is InChI=1S/C21H19O5P.Na/c1-15-12-16(2)14-18(13-15)21(22)17-8-10-20(11-9-17)26-27(23,24)25-19-6-4-3-5-7-19;/h3-14H,1-2H3,(H,23,24);/q;+1/p-1. The molecule has 0 bridgehead atoms. The van der Waals surface area contributed by atoms with Crippen LogP contribution in [0.25, 0.3) is 0 Å². The van der Waals surface area contributed by atoms with Gasteiger partial charge in [0.2, 0.25) is 0 Å². The van der Waals surface area contributed by atoms with Crippen molar-refractivity contribution in [3.63, 3.8) is 0 Å². The second-order valence-electron chi connectivity index (χ2n) is 6.17. The first-order chi connectivity index (χ1) is 12.8. The monoisotopic (exact) mass is 404 g/mol. The van der Waals surface area contributed by atoms with Crippen molar-refractivity contribution >= 4 is 13.6 Å². The zero-order valence-electron chi connectivity index (χ0n) is 15.9. The van der Waals surface area contributed by atoms with Gasteiger partial charge in [0.1, 0.15) is 11.5 Å². The minimum Gasteiger partial charge on any atom is -0.736 e. The summed E-state index contributed by atoms with van der Waals surface area (Å²) in [5, 5.41) is 0. The van der Waals surface area contributed by atoms with E-state index in [-0.39, 0.29) is 46.8 Å². The molecule has 1 atom stereocenters. The molecule has 3 aromatic carbocycles. The molecule has 3 aromatic rings. The maximum atomic E-state index is 12.6. The Balaban J connectivity index is 0.00000280. The molecular formula is C21H18NaO5P. The Morgan fingerprint density at radius 3 is 1.82 bits per heavy atom. The van der Waals surface area contributed by atoms with Crippen molar-refractivity contribution in [3.05, 3.63) is 95.1 Å². The molecule has 7 heteroatoms. The largest absolute Gasteiger partial charge is 1.00 e. The fourth-order valence-corrected chi connectivity index (χ4v) is 3.49. The first-order valence-electron chi connectivity index (χ1n) is 8.31. The third kappa shape index (κ3) is 6.06. The third-order valence-electron chi connectivity index (χ3n) is 3.78. The van der Waals surface area contributed by atoms with Crippen molar-refractivity contribution < 1.29 is 52.9 Å². The minimum atomic E-state index is -4.58. The van der Waals surface area contributed by atoms with Crippen molar-refractivity contribution in [2.24, 2.45) is 0 Å². The number of hydrogen-bond acceptors (Lipinski definition) is 5. The molecule has 0 N–H and O–H groups in total. The van der Waals surface area contributed by atoms with E-state index in [0.29, 0.717) is 11.1 Å². The molecule has 0 saturated carbocycles. The van der Waals surface area contributed by atoms with Crippen LogP contribution in [0.2, 0.25) is 0 Å². The first-order valence-corrected chi connectivity index (χ1v) is 9.77. The van der Waals surface area contributed by atoms with E-state index in [0.717, 1.165) is 11.1 Å². The molecular weight excluding hydrogens is 386 g/mol. The summed E-state index contributed by atoms with van der Waals surface area (Å²) >= 11 is 0. The summed E-state index contributed by atoms with van der Waals surface area (Å²) in [5.41, 5.74) is 3.03. The van der Waals surface area contributed by atoms with Crippen LogP contribution in [-0.4, -0.2) is 5.78 Å². The molecule has 5 nitrogen and oxygen atoms in total. The Morgan fingerprint density at radius 2 is 1.29 bits per heavy atom. The van der Waals surface area contributed by atoms with Gasteiger partial charge in [-0.3, -0.25) is 4.79 Å². The van der Waals surface area contributed by atoms with E-state index < -0.39 is 7.82 Å². The summed E-state index contributed by atoms with van der Waals surface area (Å²) < 4.78 is 21.8. The normalized spacial score (nSPS) is 12.4. The van der Waals surface area contributed by atoms with Gasteiger partial charge in [-0.05, 0) is 62.4 Å². The van der Waals surface area contributed by atoms with E-state index in [1.54, 1.807) is 18.2 Å². The van der Waals surface area contributed by atoms with E-state index in [1.165, 1.54) is 36.4 Å². The molecule has 0 aromatic heterocycles. The maximum absolute atomic E-state index is 12.6. The van der Waals surface area contributed by atoms with Crippen LogP contribution in [0, 0.1) is 13.8 Å². The van der Waals surface area contributed by atoms with Gasteiger partial charge in [-0.1, -0.05) is 35.4 Å². The average molecular weight is 404 g/mol. The van der Waals surface area contributed by atoms with Crippen LogP contribution in [0.15, 0.2) is 72.8 Å². The molecule has 138 valence electrons. The van der Waals surface area contributed by atoms with Crippen molar-refractivity contribution in [1.29, 1.82) is 0 Å². The molecule has 0 heterocycles. The molecule has 3 rings (SSSR count). The van der Waals surface area contributed by atoms with Crippen LogP contribution in [0.3, 0.4) is 0 Å². The van der Waals surface area contributed by atoms with Gasteiger partial charge in [0.05, 0.1) is 0 Å². The van der Waals surface area contributed by atoms with Crippen molar-refractivity contribution in [1.82, 2.24) is 0 Å². The molecule has 1 unspecified atom stereocenters. The summed E-state index contributed by atoms with van der Waals surface area (Å²) in [6.45, 7) is 3.86. The summed E-state index contributed by atoms with van der Waals surface area (Å²) in [6, 6.07) is 19.6. The van der Waals surface area contributed by atoms with E-state index in [1.807, 2.05) is 32.0 Å². The Morgan fingerprint density at radius 1 is 0.786 bits per heavy atom. The van der Waals surface area contributed by atoms with E-state index in [9.17, 15) is 14.3 Å². The number of para-hydroxylation sites is 1. The molecule has 0 radical (unpaired) electrons. The summed E-state index contributed by atoms with van der Waals surface area (Å²) in [5.74, 6) is 0.0953. The maximum Gasteiger partial charge on any atom is 1.00 e. The number of phosphoric ester groups is 1. The average Bonchev–Trinajstić information content (AvgIpc) is 2.61. The smallest absolute Gasteiger partial charge is 0.736 e. The van der Waals surface area contributed by atoms with Crippen LogP contribution in [0.1, 0.15) is 27.0 Å². The molecule has 0 saturated heterocycles. The van der Waals surface area contributed by atoms with Gasteiger partial charge in [0.25, 0.3) is 0 Å². The van der Waals surface area contributed by atoms with Gasteiger partial charge in [-0.2, -0.15) is 0 Å². The second-order valence-corrected chi connectivity index (χ2v) is 7.43. The molecule has 0 aliphatic carbocycles. The van der Waals surface area contributed by atoms with Gasteiger partial charge in [-0.15, -0.1) is 0 Å². The third-order valence-corrected chi connectivity index (χ3v) is 4.65. The Kier molecular flexibility index (Phi) is 7.64. The number of carbonyl (C=O) groups excluding carboxylic acids is 1. The number of carbonyl (C=O) groups is 1. The topological polar surface area (TPSA) is 75.7 Å². The first kappa shape index (κ1) is 22.4. The van der Waals surface area contributed by atoms with Crippen molar-refractivity contribution in [2.75, 3.05) is 0 Å². The summed E-state index contributed by atoms with van der Waals surface area (Å²) in [4.78, 5) is 24.6. The van der Waals surface area contributed by atoms with Crippen molar-refractivity contribution in [2.45, 2.75) is 13.8 Å². The van der Waals surface area contributed by atoms with Crippen LogP contribution >= 0.6 is 7.82 Å². The fraction of sp³-hybridized carbons (Fsp3) is 0.0952. The number of benzene rings is 3. The van der Waals surface area contributed by atoms with Crippen LogP contribution in [-0.2, 0) is 4.57 Å². The molecule has 0 aliphatic heterocycles. The van der Waals surface area contributed by atoms with E-state index in [2.05, 4.69) is 0 Å². The zero-order valence-corrected chi connectivity index (χ0v) is 18.8. The zero-order chi connectivity index (χ0) is 19.4. The molecule has 28 heavy (non-hydrogen) atoms. The van der Waals surface area contributed by atoms with E-state index in [4.69, 9.17) is 9.05 Å². The number of phosphoric acid groups is 1. The van der Waals surface area contributed by atoms with Crippen LogP contribution < -0.4 is 43.5 Å². The Hall–Kier alpha value is -1.88. The van der Waals surface area contributed by atoms with Gasteiger partial charge in [-0.25, -0.2) is 4.57 Å². The second kappa shape index (κ2) is 9.55. The van der Waals surface area contributed by atoms with Gasteiger partial charge in [0.15, 0.2) is 5.78 Å². The van der Waals surface area contributed by atoms with Crippen LogP contribution in [0.5, 0.6) is 11.5 Å². The van der Waals surface area contributed by atoms with Crippen LogP contribution in [0.4, 0.5) is 0 Å². The number of hydrogen-bond donors (Lipinski definition) is 0. The fourth-order valence-electron chi connectivity index (χ4n) is 2.70. The SMILES string of the molecule is Cc1cc(C)cc(C(=O)c2ccc(OP(=O)([O-])Oc3ccccc3)cc2)c1.[Na+]. The van der Waals surface area contributed by atoms with Gasteiger partial charge in [0, 0.05) is 11.1 Å². The molecule has 0 fully saturated rings. The predicted molar refractivity (Wildman–Crippen MR) is 101 cm³/mol. The quantitative estimate of drug-likeness (QED) is 0.353. The van der Waals surface area contributed by atoms with Gasteiger partial charge >= 0.3 is 37.4 Å². The Labute approximate surface area is 186 Å². The molecule has 0 spiro atoms. The number of rotatable bonds is 6. The van der Waals surface area contributed by atoms with Crippen molar-refractivity contribution in [3.8, 4) is 11.5 Å². The number of ketones is 1. The molecule has 0 aliphatic rings. The predicted octanol–water partition coefficient (Wildman–Crippen LogP) is 1.46. The molecule has 0 amide bonds. The van der Waals surface area contributed by atoms with Gasteiger partial charge < -0.3 is 13.9 Å². The summed E-state index contributed by atoms with van der Waals surface area (Å²) in [7, 11) is -4.58. The number of aryl methyl sites for hydroxylation is 2. The minimum absolute atomic E-state index is 0. The van der Waals surface area contributed by atoms with E-state index >= 15 is 0 Å². The summed E-state index contributed by atoms with van der Waals surface area (Å²) in [6.07, 6.45) is 0. The Bertz CT molecular complexity index is 983.